The molecule has 0 amide bonds. The van der Waals surface area contributed by atoms with Crippen molar-refractivity contribution in [3.8, 4) is 22.8 Å². The molecule has 0 saturated heterocycles. The quantitative estimate of drug-likeness (QED) is 0.326. The van der Waals surface area contributed by atoms with Gasteiger partial charge in [0.05, 0.1) is 23.2 Å². The molecule has 2 rings (SSSR count). The van der Waals surface area contributed by atoms with Crippen LogP contribution in [0.15, 0.2) is 12.1 Å². The SMILES string of the molecule is CCOC(=O)c1n[nH]nc1-c1cc(O)c(O)cc1[N+](=O)[O-]. The Kier molecular flexibility index (Phi) is 3.69. The second-order valence-corrected chi connectivity index (χ2v) is 3.86. The van der Waals surface area contributed by atoms with Crippen molar-refractivity contribution in [3.63, 3.8) is 0 Å². The number of H-pyrrole nitrogens is 1. The molecule has 0 radical (unpaired) electrons. The summed E-state index contributed by atoms with van der Waals surface area (Å²) in [4.78, 5) is 22.0. The van der Waals surface area contributed by atoms with E-state index in [-0.39, 0.29) is 23.6 Å². The number of nitro groups is 1. The molecule has 0 bridgehead atoms. The Morgan fingerprint density at radius 2 is 2.05 bits per heavy atom. The highest BCUT2D eigenvalue weighted by atomic mass is 16.6. The van der Waals surface area contributed by atoms with Crippen molar-refractivity contribution in [1.29, 1.82) is 0 Å². The number of carbonyl (C=O) groups is 1. The minimum atomic E-state index is -0.817. The standard InChI is InChI=1S/C11H10N4O6/c1-2-21-11(18)10-9(12-14-13-10)5-3-7(16)8(17)4-6(5)15(19)20/h3-4,16-17H,2H2,1H3,(H,12,13,14). The molecule has 3 N–H and O–H groups in total. The van der Waals surface area contributed by atoms with Crippen LogP contribution in [0.1, 0.15) is 17.4 Å². The van der Waals surface area contributed by atoms with Gasteiger partial charge >= 0.3 is 5.97 Å². The van der Waals surface area contributed by atoms with E-state index in [1.807, 2.05) is 0 Å². The second-order valence-electron chi connectivity index (χ2n) is 3.86. The van der Waals surface area contributed by atoms with E-state index in [0.717, 1.165) is 12.1 Å². The molecule has 1 heterocycles. The molecule has 0 saturated carbocycles. The molecule has 2 aromatic rings. The Bertz CT molecular complexity index is 711. The van der Waals surface area contributed by atoms with Crippen molar-refractivity contribution in [2.24, 2.45) is 0 Å². The van der Waals surface area contributed by atoms with Gasteiger partial charge in [0.2, 0.25) is 0 Å². The van der Waals surface area contributed by atoms with Crippen LogP contribution >= 0.6 is 0 Å². The molecule has 1 aromatic heterocycles. The number of aromatic amines is 1. The maximum atomic E-state index is 11.7. The monoisotopic (exact) mass is 294 g/mol. The largest absolute Gasteiger partial charge is 0.504 e. The van der Waals surface area contributed by atoms with E-state index in [2.05, 4.69) is 15.4 Å². The summed E-state index contributed by atoms with van der Waals surface area (Å²) >= 11 is 0. The van der Waals surface area contributed by atoms with Crippen LogP contribution in [-0.2, 0) is 4.74 Å². The maximum absolute atomic E-state index is 11.7. The number of carbonyl (C=O) groups excluding carboxylic acids is 1. The first-order valence-electron chi connectivity index (χ1n) is 5.74. The fraction of sp³-hybridized carbons (Fsp3) is 0.182. The van der Waals surface area contributed by atoms with Crippen LogP contribution in [0, 0.1) is 10.1 Å². The molecule has 0 aliphatic rings. The third-order valence-corrected chi connectivity index (χ3v) is 2.56. The first kappa shape index (κ1) is 14.2. The summed E-state index contributed by atoms with van der Waals surface area (Å²) < 4.78 is 4.76. The van der Waals surface area contributed by atoms with Crippen molar-refractivity contribution in [1.82, 2.24) is 15.4 Å². The van der Waals surface area contributed by atoms with Gasteiger partial charge in [-0.2, -0.15) is 10.3 Å². The van der Waals surface area contributed by atoms with E-state index in [0.29, 0.717) is 0 Å². The van der Waals surface area contributed by atoms with E-state index in [9.17, 15) is 25.1 Å². The van der Waals surface area contributed by atoms with E-state index in [1.54, 1.807) is 6.92 Å². The third-order valence-electron chi connectivity index (χ3n) is 2.56. The lowest BCUT2D eigenvalue weighted by molar-refractivity contribution is -0.384. The lowest BCUT2D eigenvalue weighted by atomic mass is 10.1. The van der Waals surface area contributed by atoms with Crippen LogP contribution in [0.5, 0.6) is 11.5 Å². The number of phenols is 2. The van der Waals surface area contributed by atoms with Gasteiger partial charge in [-0.1, -0.05) is 0 Å². The van der Waals surface area contributed by atoms with Crippen LogP contribution in [-0.4, -0.2) is 43.1 Å². The molecule has 21 heavy (non-hydrogen) atoms. The number of rotatable bonds is 4. The Labute approximate surface area is 117 Å². The Morgan fingerprint density at radius 3 is 2.67 bits per heavy atom. The summed E-state index contributed by atoms with van der Waals surface area (Å²) in [6, 6.07) is 1.68. The molecule has 10 nitrogen and oxygen atoms in total. The predicted molar refractivity (Wildman–Crippen MR) is 67.8 cm³/mol. The van der Waals surface area contributed by atoms with Gasteiger partial charge in [-0.3, -0.25) is 10.1 Å². The average molecular weight is 294 g/mol. The van der Waals surface area contributed by atoms with Crippen LogP contribution in [0.4, 0.5) is 5.69 Å². The zero-order valence-electron chi connectivity index (χ0n) is 10.7. The zero-order valence-corrected chi connectivity index (χ0v) is 10.7. The Hall–Kier alpha value is -3.17. The molecule has 0 aliphatic heterocycles. The highest BCUT2D eigenvalue weighted by molar-refractivity contribution is 5.95. The fourth-order valence-corrected chi connectivity index (χ4v) is 1.67. The highest BCUT2D eigenvalue weighted by Gasteiger charge is 2.27. The lowest BCUT2D eigenvalue weighted by Crippen LogP contribution is -2.07. The maximum Gasteiger partial charge on any atom is 0.361 e. The molecule has 0 unspecified atom stereocenters. The van der Waals surface area contributed by atoms with Gasteiger partial charge in [0, 0.05) is 6.07 Å². The van der Waals surface area contributed by atoms with Crippen LogP contribution in [0.25, 0.3) is 11.3 Å². The zero-order chi connectivity index (χ0) is 15.6. The summed E-state index contributed by atoms with van der Waals surface area (Å²) in [5.74, 6) is -2.07. The molecular weight excluding hydrogens is 284 g/mol. The van der Waals surface area contributed by atoms with Crippen molar-refractivity contribution in [2.75, 3.05) is 6.61 Å². The second kappa shape index (κ2) is 5.45. The number of ether oxygens (including phenoxy) is 1. The fourth-order valence-electron chi connectivity index (χ4n) is 1.67. The first-order chi connectivity index (χ1) is 9.95. The number of nitrogens with one attached hydrogen (secondary N) is 1. The van der Waals surface area contributed by atoms with Crippen LogP contribution in [0.3, 0.4) is 0 Å². The number of nitrogens with zero attached hydrogens (tertiary/aromatic N) is 3. The summed E-state index contributed by atoms with van der Waals surface area (Å²) in [5, 5.41) is 39.3. The molecular formula is C11H10N4O6. The number of benzene rings is 1. The Morgan fingerprint density at radius 1 is 1.38 bits per heavy atom. The van der Waals surface area contributed by atoms with Crippen molar-refractivity contribution in [3.05, 3.63) is 27.9 Å². The van der Waals surface area contributed by atoms with E-state index >= 15 is 0 Å². The van der Waals surface area contributed by atoms with Crippen LogP contribution < -0.4 is 0 Å². The van der Waals surface area contributed by atoms with Gasteiger partial charge in [-0.15, -0.1) is 5.10 Å². The lowest BCUT2D eigenvalue weighted by Gasteiger charge is -2.04. The minimum Gasteiger partial charge on any atom is -0.504 e. The smallest absolute Gasteiger partial charge is 0.361 e. The number of hydrogen-bond donors (Lipinski definition) is 3. The normalized spacial score (nSPS) is 10.3. The topological polar surface area (TPSA) is 151 Å². The minimum absolute atomic E-state index is 0.0913. The Balaban J connectivity index is 2.62. The summed E-state index contributed by atoms with van der Waals surface area (Å²) in [6.07, 6.45) is 0. The van der Waals surface area contributed by atoms with Gasteiger partial charge in [0.15, 0.2) is 17.2 Å². The molecule has 1 aromatic carbocycles. The number of phenolic OH excluding ortho intramolecular Hbond substituents is 2. The van der Waals surface area contributed by atoms with Gasteiger partial charge in [-0.05, 0) is 6.92 Å². The number of aromatic hydroxyl groups is 2. The summed E-state index contributed by atoms with van der Waals surface area (Å²) in [6.45, 7) is 1.68. The summed E-state index contributed by atoms with van der Waals surface area (Å²) in [7, 11) is 0. The van der Waals surface area contributed by atoms with Gasteiger partial charge < -0.3 is 14.9 Å². The number of hydrogen-bond acceptors (Lipinski definition) is 8. The van der Waals surface area contributed by atoms with Crippen LogP contribution in [0.2, 0.25) is 0 Å². The molecule has 0 aliphatic carbocycles. The van der Waals surface area contributed by atoms with Crippen molar-refractivity contribution >= 4 is 11.7 Å². The van der Waals surface area contributed by atoms with Gasteiger partial charge in [-0.25, -0.2) is 4.79 Å². The van der Waals surface area contributed by atoms with Crippen molar-refractivity contribution in [2.45, 2.75) is 6.92 Å². The average Bonchev–Trinajstić information content (AvgIpc) is 2.90. The third kappa shape index (κ3) is 2.59. The van der Waals surface area contributed by atoms with Crippen molar-refractivity contribution < 1.29 is 24.7 Å². The number of nitro benzene ring substituents is 1. The van der Waals surface area contributed by atoms with Gasteiger partial charge in [0.25, 0.3) is 5.69 Å². The molecule has 0 fully saturated rings. The molecule has 0 spiro atoms. The number of esters is 1. The van der Waals surface area contributed by atoms with E-state index in [4.69, 9.17) is 4.74 Å². The predicted octanol–water partition coefficient (Wildman–Crippen LogP) is 0.968. The van der Waals surface area contributed by atoms with E-state index in [1.165, 1.54) is 0 Å². The number of aromatic nitrogens is 3. The molecule has 110 valence electrons. The van der Waals surface area contributed by atoms with Gasteiger partial charge in [0.1, 0.15) is 5.69 Å². The molecule has 0 atom stereocenters. The molecule has 10 heteroatoms. The first-order valence-corrected chi connectivity index (χ1v) is 5.74. The van der Waals surface area contributed by atoms with E-state index < -0.39 is 28.1 Å². The summed E-state index contributed by atoms with van der Waals surface area (Å²) in [5.41, 5.74) is -1.13. The highest BCUT2D eigenvalue weighted by Crippen LogP contribution is 2.38.